The average Bonchev–Trinajstić information content (AvgIpc) is 3.28. The van der Waals surface area contributed by atoms with E-state index in [-0.39, 0.29) is 57.8 Å². The summed E-state index contributed by atoms with van der Waals surface area (Å²) < 4.78 is 12.0. The lowest BCUT2D eigenvalue weighted by Gasteiger charge is -2.68. The molecule has 0 N–H and O–H groups in total. The van der Waals surface area contributed by atoms with E-state index in [9.17, 15) is 14.4 Å². The van der Waals surface area contributed by atoms with Crippen LogP contribution < -0.4 is 0 Å². The number of ketones is 1. The van der Waals surface area contributed by atoms with Crippen molar-refractivity contribution in [2.24, 2.45) is 45.3 Å². The van der Waals surface area contributed by atoms with E-state index < -0.39 is 11.0 Å². The van der Waals surface area contributed by atoms with E-state index in [4.69, 9.17) is 9.47 Å². The zero-order valence-corrected chi connectivity index (χ0v) is 21.8. The molecule has 4 aliphatic carbocycles. The van der Waals surface area contributed by atoms with Crippen molar-refractivity contribution in [1.29, 1.82) is 0 Å². The highest BCUT2D eigenvalue weighted by molar-refractivity contribution is 5.95. The lowest BCUT2D eigenvalue weighted by molar-refractivity contribution is -0.222. The number of hydrogen-bond donors (Lipinski definition) is 0. The molecule has 5 rings (SSSR count). The van der Waals surface area contributed by atoms with Crippen molar-refractivity contribution >= 4 is 17.7 Å². The van der Waals surface area contributed by atoms with Gasteiger partial charge in [-0.25, -0.2) is 4.79 Å². The second-order valence-electron chi connectivity index (χ2n) is 13.3. The van der Waals surface area contributed by atoms with Gasteiger partial charge in [0.2, 0.25) is 0 Å². The van der Waals surface area contributed by atoms with Gasteiger partial charge in [-0.15, -0.1) is 0 Å². The highest BCUT2D eigenvalue weighted by Gasteiger charge is 2.72. The minimum Gasteiger partial charge on any atom is -0.462 e. The second-order valence-corrected chi connectivity index (χ2v) is 13.3. The highest BCUT2D eigenvalue weighted by atomic mass is 16.6. The molecular formula is C29H40O5. The van der Waals surface area contributed by atoms with Crippen LogP contribution in [0.2, 0.25) is 0 Å². The van der Waals surface area contributed by atoms with Crippen molar-refractivity contribution < 1.29 is 23.9 Å². The molecule has 0 bridgehead atoms. The normalized spacial score (nSPS) is 50.9. The Labute approximate surface area is 203 Å². The quantitative estimate of drug-likeness (QED) is 0.506. The molecule has 0 aromatic heterocycles. The third-order valence-corrected chi connectivity index (χ3v) is 11.6. The Morgan fingerprint density at radius 2 is 1.62 bits per heavy atom. The van der Waals surface area contributed by atoms with Gasteiger partial charge in [0.05, 0.1) is 0 Å². The van der Waals surface area contributed by atoms with Crippen molar-refractivity contribution in [2.75, 3.05) is 0 Å². The summed E-state index contributed by atoms with van der Waals surface area (Å²) in [7, 11) is 0. The number of fused-ring (bicyclic) bond motifs is 5. The van der Waals surface area contributed by atoms with Gasteiger partial charge >= 0.3 is 11.9 Å². The van der Waals surface area contributed by atoms with E-state index in [2.05, 4.69) is 40.7 Å². The molecule has 5 heteroatoms. The van der Waals surface area contributed by atoms with Crippen molar-refractivity contribution in [3.63, 3.8) is 0 Å². The largest absolute Gasteiger partial charge is 0.462 e. The van der Waals surface area contributed by atoms with Gasteiger partial charge in [0.15, 0.2) is 5.78 Å². The van der Waals surface area contributed by atoms with Gasteiger partial charge in [0.1, 0.15) is 11.7 Å². The van der Waals surface area contributed by atoms with Gasteiger partial charge in [0.25, 0.3) is 0 Å². The van der Waals surface area contributed by atoms with Crippen LogP contribution in [0, 0.1) is 45.3 Å². The van der Waals surface area contributed by atoms with Gasteiger partial charge in [-0.2, -0.15) is 0 Å². The van der Waals surface area contributed by atoms with E-state index >= 15 is 0 Å². The number of ether oxygens (including phenoxy) is 2. The lowest BCUT2D eigenvalue weighted by atomic mass is 9.36. The summed E-state index contributed by atoms with van der Waals surface area (Å²) in [6.07, 6.45) is 12.0. The van der Waals surface area contributed by atoms with Crippen LogP contribution in [-0.2, 0) is 23.9 Å². The van der Waals surface area contributed by atoms with E-state index in [1.54, 1.807) is 6.08 Å². The van der Waals surface area contributed by atoms with E-state index in [1.807, 2.05) is 19.1 Å². The Balaban J connectivity index is 1.62. The summed E-state index contributed by atoms with van der Waals surface area (Å²) in [6.45, 7) is 14.9. The Kier molecular flexibility index (Phi) is 4.95. The maximum Gasteiger partial charge on any atom is 0.331 e. The molecule has 0 aromatic rings. The van der Waals surface area contributed by atoms with Crippen molar-refractivity contribution in [2.45, 2.75) is 92.3 Å². The monoisotopic (exact) mass is 468 g/mol. The van der Waals surface area contributed by atoms with Crippen LogP contribution in [0.25, 0.3) is 0 Å². The molecule has 0 spiro atoms. The van der Waals surface area contributed by atoms with Crippen LogP contribution in [0.3, 0.4) is 0 Å². The molecule has 9 atom stereocenters. The molecule has 34 heavy (non-hydrogen) atoms. The zero-order chi connectivity index (χ0) is 24.9. The van der Waals surface area contributed by atoms with Crippen LogP contribution in [0.4, 0.5) is 0 Å². The van der Waals surface area contributed by atoms with Crippen LogP contribution in [-0.4, -0.2) is 29.4 Å². The molecule has 0 amide bonds. The van der Waals surface area contributed by atoms with E-state index in [0.29, 0.717) is 5.92 Å². The second kappa shape index (κ2) is 7.07. The van der Waals surface area contributed by atoms with E-state index in [0.717, 1.165) is 32.1 Å². The molecule has 5 nitrogen and oxygen atoms in total. The first-order chi connectivity index (χ1) is 15.7. The minimum absolute atomic E-state index is 0.0256. The Morgan fingerprint density at radius 3 is 2.24 bits per heavy atom. The fourth-order valence-corrected chi connectivity index (χ4v) is 9.72. The van der Waals surface area contributed by atoms with Crippen LogP contribution in [0.1, 0.15) is 80.6 Å². The number of rotatable bonds is 2. The van der Waals surface area contributed by atoms with Gasteiger partial charge in [0, 0.05) is 30.3 Å². The van der Waals surface area contributed by atoms with E-state index in [1.165, 1.54) is 6.92 Å². The number of carbonyl (C=O) groups is 3. The topological polar surface area (TPSA) is 69.7 Å². The van der Waals surface area contributed by atoms with Crippen LogP contribution in [0.5, 0.6) is 0 Å². The molecule has 0 saturated heterocycles. The molecule has 5 aliphatic rings. The molecule has 0 aromatic carbocycles. The number of carbonyl (C=O) groups excluding carboxylic acids is 3. The van der Waals surface area contributed by atoms with Crippen LogP contribution >= 0.6 is 0 Å². The van der Waals surface area contributed by atoms with Crippen molar-refractivity contribution in [3.8, 4) is 0 Å². The average molecular weight is 469 g/mol. The van der Waals surface area contributed by atoms with Gasteiger partial charge < -0.3 is 9.47 Å². The summed E-state index contributed by atoms with van der Waals surface area (Å²) in [5.41, 5.74) is -1.24. The third kappa shape index (κ3) is 2.88. The summed E-state index contributed by atoms with van der Waals surface area (Å²) in [4.78, 5) is 37.3. The number of esters is 2. The highest BCUT2D eigenvalue weighted by Crippen LogP contribution is 2.75. The summed E-state index contributed by atoms with van der Waals surface area (Å²) in [5.74, 6) is 0.459. The molecule has 3 fully saturated rings. The Bertz CT molecular complexity index is 1010. The standard InChI is InChI=1S/C29H40O5/c1-17(30)33-19-16-21-26(4)12-10-22(31)25(2,3)20(26)9-14-27(21,5)28(6)13-8-18(24(19)28)29(7)15-11-23(32)34-29/h10-12,15,18-21,24H,8-9,13-14,16H2,1-7H3/t18-,19+,20-,21-,24-,26-,27+,28+,29-/m0/s1. The minimum atomic E-state index is -0.665. The van der Waals surface area contributed by atoms with Crippen molar-refractivity contribution in [1.82, 2.24) is 0 Å². The van der Waals surface area contributed by atoms with Crippen molar-refractivity contribution in [3.05, 3.63) is 24.3 Å². The van der Waals surface area contributed by atoms with Gasteiger partial charge in [-0.05, 0) is 79.3 Å². The molecule has 0 radical (unpaired) electrons. The maximum atomic E-state index is 12.9. The fourth-order valence-electron chi connectivity index (χ4n) is 9.72. The zero-order valence-electron chi connectivity index (χ0n) is 21.8. The smallest absolute Gasteiger partial charge is 0.331 e. The van der Waals surface area contributed by atoms with Gasteiger partial charge in [-0.3, -0.25) is 9.59 Å². The third-order valence-electron chi connectivity index (χ3n) is 11.6. The Hall–Kier alpha value is -1.91. The first kappa shape index (κ1) is 23.8. The molecule has 1 aliphatic heterocycles. The first-order valence-corrected chi connectivity index (χ1v) is 13.0. The van der Waals surface area contributed by atoms with Crippen LogP contribution in [0.15, 0.2) is 24.3 Å². The number of allylic oxidation sites excluding steroid dienone is 2. The summed E-state index contributed by atoms with van der Waals surface area (Å²) in [5, 5.41) is 0. The Morgan fingerprint density at radius 1 is 0.941 bits per heavy atom. The summed E-state index contributed by atoms with van der Waals surface area (Å²) in [6, 6.07) is 0. The maximum absolute atomic E-state index is 12.9. The lowest BCUT2D eigenvalue weighted by Crippen LogP contribution is -2.65. The van der Waals surface area contributed by atoms with Gasteiger partial charge in [-0.1, -0.05) is 40.7 Å². The molecule has 1 heterocycles. The molecule has 0 unspecified atom stereocenters. The predicted octanol–water partition coefficient (Wildman–Crippen LogP) is 5.43. The summed E-state index contributed by atoms with van der Waals surface area (Å²) >= 11 is 0. The SMILES string of the molecule is CC(=O)O[C@@H]1C[C@H]2[C@@]3(C)C=CC(=O)C(C)(C)[C@@H]3CC[C@@]2(C)[C@]2(C)CC[C@H]([C@]3(C)C=CC(=O)O3)[C@@H]12. The predicted molar refractivity (Wildman–Crippen MR) is 128 cm³/mol. The molecule has 3 saturated carbocycles. The number of hydrogen-bond acceptors (Lipinski definition) is 5. The number of cyclic esters (lactones) is 1. The molecular weight excluding hydrogens is 428 g/mol. The first-order valence-electron chi connectivity index (χ1n) is 13.0. The molecule has 186 valence electrons. The fraction of sp³-hybridized carbons (Fsp3) is 0.759.